The number of alkyl halides is 3. The molecule has 0 unspecified atom stereocenters. The minimum absolute atomic E-state index is 0.196. The van der Waals surface area contributed by atoms with E-state index in [9.17, 15) is 9.59 Å². The van der Waals surface area contributed by atoms with Gasteiger partial charge in [0.1, 0.15) is 6.61 Å². The minimum atomic E-state index is -1.62. The molecule has 1 radical (unpaired) electrons. The van der Waals surface area contributed by atoms with Crippen LogP contribution in [0.2, 0.25) is 0 Å². The van der Waals surface area contributed by atoms with Gasteiger partial charge in [-0.15, -0.1) is 11.8 Å². The molecule has 0 rings (SSSR count). The lowest BCUT2D eigenvalue weighted by Crippen LogP contribution is -2.24. The van der Waals surface area contributed by atoms with Crippen molar-refractivity contribution in [1.29, 1.82) is 0 Å². The normalized spacial score (nSPS) is 11.4. The molecule has 0 saturated heterocycles. The number of ether oxygens (including phenoxy) is 1. The smallest absolute Gasteiger partial charge is 0.411 e. The summed E-state index contributed by atoms with van der Waals surface area (Å²) in [6, 6.07) is 0. The number of nitrogens with one attached hydrogen (secondary N) is 1. The Morgan fingerprint density at radius 3 is 2.73 bits per heavy atom. The third-order valence-corrected chi connectivity index (χ3v) is 1.82. The zero-order valence-electron chi connectivity index (χ0n) is 7.34. The maximum Gasteiger partial charge on any atom is 0.411 e. The molecule has 0 fully saturated rings. The molecular formula is C7H7Cl3NO3S. The average Bonchev–Trinajstić information content (AvgIpc) is 2.13. The van der Waals surface area contributed by atoms with E-state index in [-0.39, 0.29) is 12.4 Å². The second-order valence-corrected chi connectivity index (χ2v) is 5.50. The molecule has 0 aromatic carbocycles. The van der Waals surface area contributed by atoms with Gasteiger partial charge in [0, 0.05) is 6.20 Å². The van der Waals surface area contributed by atoms with Crippen molar-refractivity contribution in [3.8, 4) is 0 Å². The van der Waals surface area contributed by atoms with Gasteiger partial charge in [0.25, 0.3) is 0 Å². The lowest BCUT2D eigenvalue weighted by Gasteiger charge is -2.10. The summed E-state index contributed by atoms with van der Waals surface area (Å²) < 4.78 is 2.91. The van der Waals surface area contributed by atoms with Crippen LogP contribution < -0.4 is 5.32 Å². The molecule has 15 heavy (non-hydrogen) atoms. The monoisotopic (exact) mass is 290 g/mol. The highest BCUT2D eigenvalue weighted by molar-refractivity contribution is 8.02. The lowest BCUT2D eigenvalue weighted by molar-refractivity contribution is 0.152. The number of carbonyl (C=O) groups is 1. The summed E-state index contributed by atoms with van der Waals surface area (Å²) in [5.74, 6) is 0.196. The zero-order chi connectivity index (χ0) is 11.7. The van der Waals surface area contributed by atoms with Gasteiger partial charge in [0.2, 0.25) is 10.1 Å². The molecule has 0 aromatic rings. The van der Waals surface area contributed by atoms with Crippen LogP contribution in [0.15, 0.2) is 11.6 Å². The van der Waals surface area contributed by atoms with Crippen LogP contribution in [0.25, 0.3) is 0 Å². The summed E-state index contributed by atoms with van der Waals surface area (Å²) in [5.41, 5.74) is 0. The first kappa shape index (κ1) is 14.9. The van der Waals surface area contributed by atoms with Gasteiger partial charge in [-0.3, -0.25) is 10.1 Å². The van der Waals surface area contributed by atoms with Crippen molar-refractivity contribution >= 4 is 58.9 Å². The van der Waals surface area contributed by atoms with Gasteiger partial charge in [-0.2, -0.15) is 0 Å². The third-order valence-electron chi connectivity index (χ3n) is 0.875. The van der Waals surface area contributed by atoms with Gasteiger partial charge < -0.3 is 4.74 Å². The number of rotatable bonds is 5. The molecule has 1 N–H and O–H groups in total. The molecule has 0 aliphatic heterocycles. The molecule has 1 amide bonds. The number of amides is 1. The topological polar surface area (TPSA) is 55.4 Å². The van der Waals surface area contributed by atoms with Crippen LogP contribution in [0, 0.1) is 0 Å². The van der Waals surface area contributed by atoms with Crippen LogP contribution in [0.1, 0.15) is 0 Å². The molecule has 0 spiro atoms. The van der Waals surface area contributed by atoms with E-state index >= 15 is 0 Å². The van der Waals surface area contributed by atoms with Gasteiger partial charge in [0.05, 0.1) is 5.75 Å². The van der Waals surface area contributed by atoms with Crippen molar-refractivity contribution in [2.75, 3.05) is 12.4 Å². The molecular weight excluding hydrogens is 285 g/mol. The summed E-state index contributed by atoms with van der Waals surface area (Å²) in [6.45, 7) is -0.341. The van der Waals surface area contributed by atoms with Crippen molar-refractivity contribution in [2.45, 2.75) is 3.79 Å². The Hall–Kier alpha value is -0.100. The van der Waals surface area contributed by atoms with E-state index in [0.717, 1.165) is 0 Å². The standard InChI is InChI=1S/C7H7Cl3NO3S/c8-7(9,10)5-14-6(13)11-1-3-15-4-2-12/h1,3H,4-5H2,(H,11,13)/b3-1+. The van der Waals surface area contributed by atoms with E-state index in [1.807, 2.05) is 0 Å². The van der Waals surface area contributed by atoms with Crippen molar-refractivity contribution in [1.82, 2.24) is 5.32 Å². The summed E-state index contributed by atoms with van der Waals surface area (Å²) in [6.07, 6.45) is 2.23. The highest BCUT2D eigenvalue weighted by Gasteiger charge is 2.21. The van der Waals surface area contributed by atoms with E-state index in [0.29, 0.717) is 0 Å². The van der Waals surface area contributed by atoms with E-state index in [4.69, 9.17) is 34.8 Å². The van der Waals surface area contributed by atoms with Gasteiger partial charge in [-0.05, 0) is 5.41 Å². The fourth-order valence-corrected chi connectivity index (χ4v) is 0.914. The van der Waals surface area contributed by atoms with Crippen LogP contribution in [0.4, 0.5) is 4.79 Å². The van der Waals surface area contributed by atoms with Crippen LogP contribution in [-0.4, -0.2) is 28.5 Å². The second-order valence-electron chi connectivity index (χ2n) is 2.09. The van der Waals surface area contributed by atoms with Crippen LogP contribution in [0.5, 0.6) is 0 Å². The molecule has 0 bridgehead atoms. The molecule has 0 aliphatic carbocycles. The third kappa shape index (κ3) is 11.8. The van der Waals surface area contributed by atoms with Crippen molar-refractivity contribution in [3.05, 3.63) is 11.6 Å². The number of thioether (sulfide) groups is 1. The minimum Gasteiger partial charge on any atom is -0.445 e. The maximum absolute atomic E-state index is 10.9. The average molecular weight is 292 g/mol. The molecule has 8 heteroatoms. The Bertz CT molecular complexity index is 242. The number of hydrogen-bond donors (Lipinski definition) is 1. The molecule has 0 saturated carbocycles. The van der Waals surface area contributed by atoms with Crippen molar-refractivity contribution in [2.24, 2.45) is 0 Å². The van der Waals surface area contributed by atoms with Crippen LogP contribution >= 0.6 is 46.6 Å². The summed E-state index contributed by atoms with van der Waals surface area (Å²) in [5, 5.41) is 3.75. The summed E-state index contributed by atoms with van der Waals surface area (Å²) >= 11 is 17.2. The van der Waals surface area contributed by atoms with Crippen molar-refractivity contribution < 1.29 is 14.3 Å². The first-order valence-corrected chi connectivity index (χ1v) is 5.75. The van der Waals surface area contributed by atoms with Crippen LogP contribution in [0.3, 0.4) is 0 Å². The first-order chi connectivity index (χ1) is 6.95. The van der Waals surface area contributed by atoms with Gasteiger partial charge in [-0.1, -0.05) is 34.8 Å². The van der Waals surface area contributed by atoms with E-state index in [2.05, 4.69) is 10.1 Å². The molecule has 0 heterocycles. The Morgan fingerprint density at radius 1 is 1.53 bits per heavy atom. The highest BCUT2D eigenvalue weighted by atomic mass is 35.6. The first-order valence-electron chi connectivity index (χ1n) is 3.57. The van der Waals surface area contributed by atoms with Crippen molar-refractivity contribution in [3.63, 3.8) is 0 Å². The molecule has 0 aliphatic rings. The second kappa shape index (κ2) is 8.10. The van der Waals surface area contributed by atoms with E-state index in [1.165, 1.54) is 23.4 Å². The number of alkyl carbamates (subject to hydrolysis) is 1. The van der Waals surface area contributed by atoms with Crippen LogP contribution in [-0.2, 0) is 9.53 Å². The SMILES string of the molecule is O=[C]CS/C=C/NC(=O)OCC(Cl)(Cl)Cl. The predicted octanol–water partition coefficient (Wildman–Crippen LogP) is 2.40. The Labute approximate surface area is 106 Å². The molecule has 4 nitrogen and oxygen atoms in total. The Morgan fingerprint density at radius 2 is 2.20 bits per heavy atom. The number of carbonyl (C=O) groups excluding carboxylic acids is 2. The predicted molar refractivity (Wildman–Crippen MR) is 62.1 cm³/mol. The fourth-order valence-electron chi connectivity index (χ4n) is 0.421. The molecule has 85 valence electrons. The largest absolute Gasteiger partial charge is 0.445 e. The van der Waals surface area contributed by atoms with Gasteiger partial charge >= 0.3 is 6.09 Å². The lowest BCUT2D eigenvalue weighted by atomic mass is 10.8. The maximum atomic E-state index is 10.9. The Kier molecular flexibility index (Phi) is 8.04. The fraction of sp³-hybridized carbons (Fsp3) is 0.429. The molecule has 0 aromatic heterocycles. The summed E-state index contributed by atoms with van der Waals surface area (Å²) in [4.78, 5) is 20.7. The number of hydrogen-bond acceptors (Lipinski definition) is 4. The summed E-state index contributed by atoms with van der Waals surface area (Å²) in [7, 11) is 0. The van der Waals surface area contributed by atoms with E-state index < -0.39 is 9.89 Å². The Balaban J connectivity index is 3.57. The molecule has 0 atom stereocenters. The van der Waals surface area contributed by atoms with Gasteiger partial charge in [0.15, 0.2) is 0 Å². The highest BCUT2D eigenvalue weighted by Crippen LogP contribution is 2.25. The zero-order valence-corrected chi connectivity index (χ0v) is 10.4. The quantitative estimate of drug-likeness (QED) is 0.624. The van der Waals surface area contributed by atoms with Gasteiger partial charge in [-0.25, -0.2) is 4.79 Å². The number of halogens is 3. The van der Waals surface area contributed by atoms with E-state index in [1.54, 1.807) is 6.29 Å².